The van der Waals surface area contributed by atoms with Crippen molar-refractivity contribution in [3.05, 3.63) is 0 Å². The highest BCUT2D eigenvalue weighted by Gasteiger charge is 2.35. The summed E-state index contributed by atoms with van der Waals surface area (Å²) in [5.41, 5.74) is 0. The SMILES string of the molecule is CCCCCCCC(C)NCC1(SC)CCC1. The summed E-state index contributed by atoms with van der Waals surface area (Å²) in [5.74, 6) is 0. The summed E-state index contributed by atoms with van der Waals surface area (Å²) in [7, 11) is 0. The molecule has 0 aliphatic heterocycles. The van der Waals surface area contributed by atoms with Crippen LogP contribution in [0.1, 0.15) is 71.6 Å². The van der Waals surface area contributed by atoms with Gasteiger partial charge in [-0.05, 0) is 32.4 Å². The van der Waals surface area contributed by atoms with Crippen molar-refractivity contribution >= 4 is 11.8 Å². The van der Waals surface area contributed by atoms with E-state index in [0.717, 1.165) is 0 Å². The van der Waals surface area contributed by atoms with Gasteiger partial charge in [-0.1, -0.05) is 45.4 Å². The molecule has 102 valence electrons. The zero-order valence-electron chi connectivity index (χ0n) is 12.1. The van der Waals surface area contributed by atoms with Crippen molar-refractivity contribution in [2.45, 2.75) is 82.4 Å². The lowest BCUT2D eigenvalue weighted by Crippen LogP contribution is -2.45. The van der Waals surface area contributed by atoms with Crippen LogP contribution >= 0.6 is 11.8 Å². The molecule has 1 saturated carbocycles. The lowest BCUT2D eigenvalue weighted by molar-refractivity contribution is 0.327. The Morgan fingerprint density at radius 3 is 2.41 bits per heavy atom. The van der Waals surface area contributed by atoms with E-state index in [-0.39, 0.29) is 0 Å². The summed E-state index contributed by atoms with van der Waals surface area (Å²) < 4.78 is 0.594. The standard InChI is InChI=1S/C15H31NS/c1-4-5-6-7-8-10-14(2)16-13-15(17-3)11-9-12-15/h14,16H,4-13H2,1-3H3. The predicted molar refractivity (Wildman–Crippen MR) is 80.9 cm³/mol. The second kappa shape index (κ2) is 8.42. The van der Waals surface area contributed by atoms with Crippen LogP contribution < -0.4 is 5.32 Å². The Hall–Kier alpha value is 0.310. The van der Waals surface area contributed by atoms with Gasteiger partial charge in [-0.25, -0.2) is 0 Å². The minimum Gasteiger partial charge on any atom is -0.313 e. The third kappa shape index (κ3) is 5.65. The molecule has 1 fully saturated rings. The van der Waals surface area contributed by atoms with E-state index >= 15 is 0 Å². The van der Waals surface area contributed by atoms with Crippen molar-refractivity contribution in [1.82, 2.24) is 5.32 Å². The molecular formula is C15H31NS. The quantitative estimate of drug-likeness (QED) is 0.574. The van der Waals surface area contributed by atoms with Crippen molar-refractivity contribution in [3.63, 3.8) is 0 Å². The van der Waals surface area contributed by atoms with Crippen LogP contribution in [0.2, 0.25) is 0 Å². The molecule has 0 amide bonds. The molecule has 2 heteroatoms. The Morgan fingerprint density at radius 2 is 1.88 bits per heavy atom. The molecule has 0 spiro atoms. The maximum atomic E-state index is 3.75. The Kier molecular flexibility index (Phi) is 7.61. The molecule has 1 unspecified atom stereocenters. The smallest absolute Gasteiger partial charge is 0.0281 e. The van der Waals surface area contributed by atoms with Gasteiger partial charge in [-0.3, -0.25) is 0 Å². The molecule has 1 N–H and O–H groups in total. The van der Waals surface area contributed by atoms with Gasteiger partial charge in [-0.2, -0.15) is 11.8 Å². The largest absolute Gasteiger partial charge is 0.313 e. The van der Waals surface area contributed by atoms with Crippen molar-refractivity contribution in [1.29, 1.82) is 0 Å². The van der Waals surface area contributed by atoms with Crippen LogP contribution in [0.5, 0.6) is 0 Å². The van der Waals surface area contributed by atoms with Gasteiger partial charge in [0.25, 0.3) is 0 Å². The van der Waals surface area contributed by atoms with E-state index < -0.39 is 0 Å². The van der Waals surface area contributed by atoms with E-state index in [0.29, 0.717) is 10.8 Å². The fourth-order valence-electron chi connectivity index (χ4n) is 2.54. The van der Waals surface area contributed by atoms with E-state index in [1.807, 2.05) is 0 Å². The molecule has 0 aromatic carbocycles. The monoisotopic (exact) mass is 257 g/mol. The number of unbranched alkanes of at least 4 members (excludes halogenated alkanes) is 4. The third-order valence-electron chi connectivity index (χ3n) is 4.21. The maximum absolute atomic E-state index is 3.75. The third-order valence-corrected chi connectivity index (χ3v) is 5.63. The summed E-state index contributed by atoms with van der Waals surface area (Å²) in [4.78, 5) is 0. The van der Waals surface area contributed by atoms with E-state index in [1.54, 1.807) is 0 Å². The number of nitrogens with one attached hydrogen (secondary N) is 1. The van der Waals surface area contributed by atoms with Crippen molar-refractivity contribution in [3.8, 4) is 0 Å². The van der Waals surface area contributed by atoms with Crippen molar-refractivity contribution in [2.75, 3.05) is 12.8 Å². The summed E-state index contributed by atoms with van der Waals surface area (Å²) in [6.45, 7) is 5.86. The Bertz CT molecular complexity index is 184. The number of thioether (sulfide) groups is 1. The fraction of sp³-hybridized carbons (Fsp3) is 1.00. The molecule has 0 saturated heterocycles. The topological polar surface area (TPSA) is 12.0 Å². The first-order chi connectivity index (χ1) is 8.22. The lowest BCUT2D eigenvalue weighted by Gasteiger charge is -2.41. The minimum absolute atomic E-state index is 0.594. The molecule has 1 aliphatic rings. The molecule has 1 nitrogen and oxygen atoms in total. The van der Waals surface area contributed by atoms with Gasteiger partial charge in [-0.15, -0.1) is 0 Å². The molecule has 0 aromatic rings. The first-order valence-electron chi connectivity index (χ1n) is 7.51. The molecule has 1 atom stereocenters. The van der Waals surface area contributed by atoms with Crippen LogP contribution in [0.25, 0.3) is 0 Å². The van der Waals surface area contributed by atoms with Gasteiger partial charge in [0.1, 0.15) is 0 Å². The van der Waals surface area contributed by atoms with Gasteiger partial charge >= 0.3 is 0 Å². The van der Waals surface area contributed by atoms with E-state index in [2.05, 4.69) is 37.2 Å². The Morgan fingerprint density at radius 1 is 1.18 bits per heavy atom. The maximum Gasteiger partial charge on any atom is 0.0281 e. The zero-order valence-corrected chi connectivity index (χ0v) is 12.9. The molecule has 0 radical (unpaired) electrons. The molecular weight excluding hydrogens is 226 g/mol. The molecule has 0 bridgehead atoms. The van der Waals surface area contributed by atoms with Gasteiger partial charge in [0.2, 0.25) is 0 Å². The minimum atomic E-state index is 0.594. The predicted octanol–water partition coefficient (Wildman–Crippen LogP) is 4.61. The van der Waals surface area contributed by atoms with Crippen LogP contribution in [0.3, 0.4) is 0 Å². The average Bonchev–Trinajstić information content (AvgIpc) is 2.28. The highest BCUT2D eigenvalue weighted by Crippen LogP contribution is 2.42. The van der Waals surface area contributed by atoms with Gasteiger partial charge in [0, 0.05) is 17.3 Å². The number of hydrogen-bond donors (Lipinski definition) is 1. The highest BCUT2D eigenvalue weighted by molar-refractivity contribution is 8.00. The van der Waals surface area contributed by atoms with Gasteiger partial charge in [0.15, 0.2) is 0 Å². The van der Waals surface area contributed by atoms with Crippen LogP contribution in [0.4, 0.5) is 0 Å². The van der Waals surface area contributed by atoms with E-state index in [4.69, 9.17) is 0 Å². The molecule has 17 heavy (non-hydrogen) atoms. The van der Waals surface area contributed by atoms with Crippen molar-refractivity contribution < 1.29 is 0 Å². The van der Waals surface area contributed by atoms with E-state index in [1.165, 1.54) is 64.3 Å². The van der Waals surface area contributed by atoms with E-state index in [9.17, 15) is 0 Å². The first-order valence-corrected chi connectivity index (χ1v) is 8.73. The average molecular weight is 257 g/mol. The van der Waals surface area contributed by atoms with Gasteiger partial charge in [0.05, 0.1) is 0 Å². The summed E-state index contributed by atoms with van der Waals surface area (Å²) >= 11 is 2.07. The second-order valence-corrected chi connectivity index (χ2v) is 7.00. The summed E-state index contributed by atoms with van der Waals surface area (Å²) in [6, 6.07) is 0.709. The summed E-state index contributed by atoms with van der Waals surface area (Å²) in [6.07, 6.45) is 14.9. The molecule has 0 aromatic heterocycles. The zero-order chi connectivity index (χ0) is 12.6. The van der Waals surface area contributed by atoms with Crippen LogP contribution in [-0.2, 0) is 0 Å². The summed E-state index contributed by atoms with van der Waals surface area (Å²) in [5, 5.41) is 3.75. The molecule has 0 heterocycles. The highest BCUT2D eigenvalue weighted by atomic mass is 32.2. The second-order valence-electron chi connectivity index (χ2n) is 5.73. The first kappa shape index (κ1) is 15.4. The number of rotatable bonds is 10. The van der Waals surface area contributed by atoms with Gasteiger partial charge < -0.3 is 5.32 Å². The van der Waals surface area contributed by atoms with Crippen LogP contribution in [0.15, 0.2) is 0 Å². The fourth-order valence-corrected chi connectivity index (χ4v) is 3.47. The number of hydrogen-bond acceptors (Lipinski definition) is 2. The molecule has 1 aliphatic carbocycles. The van der Waals surface area contributed by atoms with Crippen LogP contribution in [0, 0.1) is 0 Å². The van der Waals surface area contributed by atoms with Crippen molar-refractivity contribution in [2.24, 2.45) is 0 Å². The normalized spacial score (nSPS) is 19.9. The Labute approximate surface area is 113 Å². The van der Waals surface area contributed by atoms with Crippen LogP contribution in [-0.4, -0.2) is 23.6 Å². The Balaban J connectivity index is 1.99. The lowest BCUT2D eigenvalue weighted by atomic mass is 9.84. The molecule has 1 rings (SSSR count).